The Balaban J connectivity index is 2.53. The zero-order chi connectivity index (χ0) is 11.4. The van der Waals surface area contributed by atoms with Crippen molar-refractivity contribution in [2.45, 2.75) is 33.6 Å². The summed E-state index contributed by atoms with van der Waals surface area (Å²) in [6, 6.07) is 0. The molecule has 0 spiro atoms. The molecule has 16 heavy (non-hydrogen) atoms. The van der Waals surface area contributed by atoms with E-state index in [0.717, 1.165) is 24.4 Å². The molecule has 0 fully saturated rings. The van der Waals surface area contributed by atoms with Gasteiger partial charge in [0.2, 0.25) is 0 Å². The Bertz CT molecular complexity index is 645. The molecule has 0 bridgehead atoms. The van der Waals surface area contributed by atoms with Gasteiger partial charge in [0.1, 0.15) is 0 Å². The van der Waals surface area contributed by atoms with E-state index in [0.29, 0.717) is 0 Å². The average molecular weight is 374 g/mol. The molecule has 79 valence electrons. The van der Waals surface area contributed by atoms with E-state index >= 15 is 0 Å². The molecule has 0 heterocycles. The monoisotopic (exact) mass is 375 g/mol. The van der Waals surface area contributed by atoms with Crippen LogP contribution >= 0.6 is 0 Å². The van der Waals surface area contributed by atoms with E-state index in [4.69, 9.17) is 0 Å². The SMILES string of the molecule is CC1=[C]([Hf])c2c(C)c3c(c(C)c2=C1)CCC=3. The number of rotatable bonds is 0. The first kappa shape index (κ1) is 10.7. The van der Waals surface area contributed by atoms with Crippen LogP contribution in [0.2, 0.25) is 0 Å². The summed E-state index contributed by atoms with van der Waals surface area (Å²) in [6.07, 6.45) is 7.32. The van der Waals surface area contributed by atoms with Crippen LogP contribution in [0.25, 0.3) is 15.5 Å². The fourth-order valence-corrected chi connectivity index (χ4v) is 4.48. The van der Waals surface area contributed by atoms with Crippen LogP contribution in [-0.4, -0.2) is 0 Å². The van der Waals surface area contributed by atoms with Gasteiger partial charge in [0.15, 0.2) is 0 Å². The summed E-state index contributed by atoms with van der Waals surface area (Å²) in [5, 5.41) is 3.07. The van der Waals surface area contributed by atoms with Gasteiger partial charge in [-0.25, -0.2) is 0 Å². The van der Waals surface area contributed by atoms with Crippen LogP contribution in [0, 0.1) is 13.8 Å². The molecule has 1 heteroatoms. The normalized spacial score (nSPS) is 16.9. The second-order valence-corrected chi connectivity index (χ2v) is 6.67. The molecule has 0 saturated carbocycles. The molecule has 0 N–H and O–H groups in total. The van der Waals surface area contributed by atoms with E-state index in [2.05, 4.69) is 32.9 Å². The summed E-state index contributed by atoms with van der Waals surface area (Å²) in [6.45, 7) is 6.87. The number of fused-ring (bicyclic) bond motifs is 2. The van der Waals surface area contributed by atoms with Crippen LogP contribution in [0.1, 0.15) is 35.6 Å². The summed E-state index contributed by atoms with van der Waals surface area (Å²) in [5.74, 6) is 0. The van der Waals surface area contributed by atoms with Crippen molar-refractivity contribution in [2.75, 3.05) is 0 Å². The summed E-state index contributed by atoms with van der Waals surface area (Å²) in [5.41, 5.74) is 7.74. The molecule has 0 unspecified atom stereocenters. The molecule has 0 radical (unpaired) electrons. The van der Waals surface area contributed by atoms with Crippen molar-refractivity contribution in [1.29, 1.82) is 0 Å². The van der Waals surface area contributed by atoms with Gasteiger partial charge < -0.3 is 0 Å². The van der Waals surface area contributed by atoms with E-state index in [-0.39, 0.29) is 0 Å². The minimum absolute atomic E-state index is 1.16. The summed E-state index contributed by atoms with van der Waals surface area (Å²) in [4.78, 5) is 0. The topological polar surface area (TPSA) is 0 Å². The fourth-order valence-electron chi connectivity index (χ4n) is 3.06. The predicted octanol–water partition coefficient (Wildman–Crippen LogP) is 2.10. The molecular formula is C15H15Hf. The van der Waals surface area contributed by atoms with Crippen LogP contribution in [0.5, 0.6) is 0 Å². The van der Waals surface area contributed by atoms with Crippen molar-refractivity contribution in [2.24, 2.45) is 0 Å². The maximum atomic E-state index is 2.43. The van der Waals surface area contributed by atoms with Crippen LogP contribution in [0.4, 0.5) is 0 Å². The van der Waals surface area contributed by atoms with Gasteiger partial charge in [0, 0.05) is 0 Å². The molecule has 0 atom stereocenters. The molecule has 0 nitrogen and oxygen atoms in total. The Kier molecular flexibility index (Phi) is 2.36. The third-order valence-electron chi connectivity index (χ3n) is 3.98. The second-order valence-electron chi connectivity index (χ2n) is 4.88. The second kappa shape index (κ2) is 3.53. The first-order chi connectivity index (χ1) is 7.61. The van der Waals surface area contributed by atoms with Crippen LogP contribution in [0.15, 0.2) is 5.57 Å². The van der Waals surface area contributed by atoms with E-state index in [9.17, 15) is 0 Å². The van der Waals surface area contributed by atoms with Gasteiger partial charge in [-0.3, -0.25) is 0 Å². The molecular weight excluding hydrogens is 359 g/mol. The first-order valence-corrected chi connectivity index (χ1v) is 7.67. The average Bonchev–Trinajstić information content (AvgIpc) is 2.83. The van der Waals surface area contributed by atoms with E-state index < -0.39 is 0 Å². The van der Waals surface area contributed by atoms with Crippen molar-refractivity contribution in [3.8, 4) is 0 Å². The Morgan fingerprint density at radius 1 is 1.06 bits per heavy atom. The van der Waals surface area contributed by atoms with Gasteiger partial charge in [-0.05, 0) is 0 Å². The summed E-state index contributed by atoms with van der Waals surface area (Å²) in [7, 11) is 0. The Morgan fingerprint density at radius 2 is 1.81 bits per heavy atom. The zero-order valence-corrected chi connectivity index (χ0v) is 13.7. The predicted molar refractivity (Wildman–Crippen MR) is 65.0 cm³/mol. The quantitative estimate of drug-likeness (QED) is 0.611. The van der Waals surface area contributed by atoms with Gasteiger partial charge in [-0.2, -0.15) is 0 Å². The van der Waals surface area contributed by atoms with Crippen molar-refractivity contribution >= 4 is 15.5 Å². The van der Waals surface area contributed by atoms with Crippen molar-refractivity contribution < 1.29 is 24.4 Å². The summed E-state index contributed by atoms with van der Waals surface area (Å²) < 4.78 is 1.61. The number of benzene rings is 1. The molecule has 3 rings (SSSR count). The van der Waals surface area contributed by atoms with Gasteiger partial charge >= 0.3 is 112 Å². The van der Waals surface area contributed by atoms with Crippen molar-refractivity contribution in [3.63, 3.8) is 0 Å². The third-order valence-corrected chi connectivity index (χ3v) is 6.29. The van der Waals surface area contributed by atoms with E-state index in [1.165, 1.54) is 34.8 Å². The molecule has 0 aliphatic heterocycles. The van der Waals surface area contributed by atoms with Crippen LogP contribution in [0.3, 0.4) is 0 Å². The fraction of sp³-hybridized carbons (Fsp3) is 0.333. The molecule has 1 aromatic rings. The first-order valence-electron chi connectivity index (χ1n) is 5.88. The molecule has 1 aromatic carbocycles. The third kappa shape index (κ3) is 1.24. The molecule has 2 aliphatic rings. The van der Waals surface area contributed by atoms with Crippen molar-refractivity contribution in [1.82, 2.24) is 0 Å². The Morgan fingerprint density at radius 3 is 2.56 bits per heavy atom. The minimum atomic E-state index is 1.16. The van der Waals surface area contributed by atoms with Gasteiger partial charge in [-0.1, -0.05) is 0 Å². The number of allylic oxidation sites excluding steroid dienone is 1. The standard InChI is InChI=1S/C15H15.Hf/c1-9-7-14-10(2)12-5-4-6-13(12)11(3)15(14)8-9;/h5,8H,4,6H2,1-3H3;. The van der Waals surface area contributed by atoms with Gasteiger partial charge in [0.05, 0.1) is 0 Å². The number of hydrogen-bond donors (Lipinski definition) is 0. The van der Waals surface area contributed by atoms with Crippen LogP contribution < -0.4 is 10.4 Å². The number of hydrogen-bond acceptors (Lipinski definition) is 0. The van der Waals surface area contributed by atoms with Gasteiger partial charge in [0.25, 0.3) is 0 Å². The zero-order valence-electron chi connectivity index (χ0n) is 10.1. The van der Waals surface area contributed by atoms with E-state index in [1.807, 2.05) is 0 Å². The van der Waals surface area contributed by atoms with Crippen molar-refractivity contribution in [3.05, 3.63) is 38.3 Å². The summed E-state index contributed by atoms with van der Waals surface area (Å²) >= 11 is 1.16. The Labute approximate surface area is 111 Å². The molecule has 0 amide bonds. The molecule has 0 saturated heterocycles. The van der Waals surface area contributed by atoms with E-state index in [1.54, 1.807) is 19.7 Å². The van der Waals surface area contributed by atoms with Crippen LogP contribution in [-0.2, 0) is 30.8 Å². The maximum absolute atomic E-state index is 2.43. The molecule has 2 aliphatic carbocycles. The Hall–Kier alpha value is -0.430. The van der Waals surface area contributed by atoms with Gasteiger partial charge in [-0.15, -0.1) is 0 Å². The molecule has 0 aromatic heterocycles.